The van der Waals surface area contributed by atoms with Crippen molar-refractivity contribution in [2.24, 2.45) is 5.73 Å². The number of quaternary nitrogens is 1. The number of carbonyl (C=O) groups is 1. The maximum absolute atomic E-state index is 13.0. The van der Waals surface area contributed by atoms with Crippen molar-refractivity contribution in [1.82, 2.24) is 14.5 Å². The van der Waals surface area contributed by atoms with Crippen LogP contribution in [0.2, 0.25) is 0 Å². The average Bonchev–Trinajstić information content (AvgIpc) is 3.37. The van der Waals surface area contributed by atoms with Crippen molar-refractivity contribution >= 4 is 38.4 Å². The molecule has 0 bridgehead atoms. The molecule has 4 aromatic rings. The van der Waals surface area contributed by atoms with E-state index in [1.165, 1.54) is 14.2 Å². The molecule has 0 saturated carbocycles. The lowest BCUT2D eigenvalue weighted by atomic mass is 10.2. The number of rotatable bonds is 5. The third-order valence-corrected chi connectivity index (χ3v) is 6.88. The summed E-state index contributed by atoms with van der Waals surface area (Å²) in [6, 6.07) is 15.7. The van der Waals surface area contributed by atoms with Crippen LogP contribution in [0, 0.1) is 0 Å². The molecule has 8 heteroatoms. The van der Waals surface area contributed by atoms with Crippen LogP contribution in [-0.4, -0.2) is 27.0 Å². The van der Waals surface area contributed by atoms with E-state index in [1.807, 2.05) is 30.3 Å². The smallest absolute Gasteiger partial charge is 0.262 e. The van der Waals surface area contributed by atoms with E-state index in [4.69, 9.17) is 15.7 Å². The summed E-state index contributed by atoms with van der Waals surface area (Å²) in [7, 11) is 0. The molecule has 2 aromatic heterocycles. The minimum atomic E-state index is -0.547. The van der Waals surface area contributed by atoms with E-state index in [1.54, 1.807) is 23.5 Å². The minimum absolute atomic E-state index is 0.162. The van der Waals surface area contributed by atoms with Gasteiger partial charge in [-0.1, -0.05) is 24.3 Å². The number of primary amides is 1. The van der Waals surface area contributed by atoms with Gasteiger partial charge in [0.25, 0.3) is 5.56 Å². The largest absolute Gasteiger partial charge is 0.368 e. The molecule has 5 rings (SSSR count). The SMILES string of the molecule is NC(=O)Cn1c(C[NH+]2CCC[C@H]2c2nc3ccccc3s2)nc2ccccc2c1=O. The van der Waals surface area contributed by atoms with E-state index >= 15 is 0 Å². The lowest BCUT2D eigenvalue weighted by Gasteiger charge is -2.21. The highest BCUT2D eigenvalue weighted by molar-refractivity contribution is 7.18. The number of nitrogens with zero attached hydrogens (tertiary/aromatic N) is 3. The van der Waals surface area contributed by atoms with Gasteiger partial charge in [0.1, 0.15) is 19.1 Å². The molecule has 3 N–H and O–H groups in total. The number of fused-ring (bicyclic) bond motifs is 2. The zero-order valence-corrected chi connectivity index (χ0v) is 17.2. The van der Waals surface area contributed by atoms with Crippen LogP contribution in [0.1, 0.15) is 29.7 Å². The molecular formula is C22H22N5O2S+. The molecule has 1 unspecified atom stereocenters. The predicted octanol–water partition coefficient (Wildman–Crippen LogP) is 1.41. The molecule has 1 saturated heterocycles. The van der Waals surface area contributed by atoms with E-state index in [9.17, 15) is 9.59 Å². The van der Waals surface area contributed by atoms with E-state index in [0.717, 1.165) is 29.9 Å². The fourth-order valence-electron chi connectivity index (χ4n) is 4.33. The van der Waals surface area contributed by atoms with Gasteiger partial charge >= 0.3 is 0 Å². The zero-order valence-electron chi connectivity index (χ0n) is 16.4. The van der Waals surface area contributed by atoms with Crippen LogP contribution in [-0.2, 0) is 17.9 Å². The van der Waals surface area contributed by atoms with Crippen molar-refractivity contribution in [2.45, 2.75) is 32.0 Å². The quantitative estimate of drug-likeness (QED) is 0.510. The number of hydrogen-bond acceptors (Lipinski definition) is 5. The van der Waals surface area contributed by atoms with Gasteiger partial charge in [-0.2, -0.15) is 0 Å². The Balaban J connectivity index is 1.53. The minimum Gasteiger partial charge on any atom is -0.368 e. The van der Waals surface area contributed by atoms with Crippen LogP contribution in [0.3, 0.4) is 0 Å². The maximum atomic E-state index is 13.0. The molecule has 1 fully saturated rings. The second-order valence-corrected chi connectivity index (χ2v) is 8.76. The summed E-state index contributed by atoms with van der Waals surface area (Å²) in [6.45, 7) is 1.36. The second-order valence-electron chi connectivity index (χ2n) is 7.70. The molecule has 30 heavy (non-hydrogen) atoms. The zero-order chi connectivity index (χ0) is 20.7. The number of nitrogens with one attached hydrogen (secondary N) is 1. The van der Waals surface area contributed by atoms with E-state index < -0.39 is 5.91 Å². The molecule has 3 heterocycles. The van der Waals surface area contributed by atoms with Crippen LogP contribution in [0.4, 0.5) is 0 Å². The van der Waals surface area contributed by atoms with Gasteiger partial charge in [-0.05, 0) is 24.3 Å². The number of nitrogens with two attached hydrogens (primary N) is 1. The number of benzene rings is 2. The molecule has 2 aromatic carbocycles. The standard InChI is InChI=1S/C22H21N5O2S/c23-19(28)12-27-20(24-15-7-2-1-6-14(15)22(27)29)13-26-11-5-9-17(26)21-25-16-8-3-4-10-18(16)30-21/h1-4,6-8,10,17H,5,9,11-13H2,(H2,23,28)/p+1/t17-/m0/s1. The normalized spacial score (nSPS) is 18.9. The average molecular weight is 421 g/mol. The Hall–Kier alpha value is -3.10. The Kier molecular flexibility index (Phi) is 4.80. The van der Waals surface area contributed by atoms with Crippen molar-refractivity contribution in [3.63, 3.8) is 0 Å². The van der Waals surface area contributed by atoms with Crippen LogP contribution >= 0.6 is 11.3 Å². The summed E-state index contributed by atoms with van der Waals surface area (Å²) in [4.78, 5) is 35.6. The Morgan fingerprint density at radius 3 is 2.70 bits per heavy atom. The number of carbonyl (C=O) groups excluding carboxylic acids is 1. The second kappa shape index (κ2) is 7.62. The first-order chi connectivity index (χ1) is 14.6. The number of hydrogen-bond donors (Lipinski definition) is 2. The maximum Gasteiger partial charge on any atom is 0.262 e. The number of para-hydroxylation sites is 2. The van der Waals surface area contributed by atoms with Gasteiger partial charge in [0.05, 0.1) is 27.7 Å². The van der Waals surface area contributed by atoms with Crippen LogP contribution < -0.4 is 16.2 Å². The van der Waals surface area contributed by atoms with E-state index in [2.05, 4.69) is 6.07 Å². The van der Waals surface area contributed by atoms with Gasteiger partial charge < -0.3 is 10.6 Å². The van der Waals surface area contributed by atoms with Gasteiger partial charge in [0.2, 0.25) is 5.91 Å². The van der Waals surface area contributed by atoms with Gasteiger partial charge in [0.15, 0.2) is 10.8 Å². The van der Waals surface area contributed by atoms with Crippen molar-refractivity contribution < 1.29 is 9.69 Å². The summed E-state index contributed by atoms with van der Waals surface area (Å²) >= 11 is 1.73. The van der Waals surface area contributed by atoms with Gasteiger partial charge in [0, 0.05) is 12.8 Å². The molecule has 0 spiro atoms. The fourth-order valence-corrected chi connectivity index (χ4v) is 5.49. The molecule has 1 amide bonds. The molecule has 2 atom stereocenters. The summed E-state index contributed by atoms with van der Waals surface area (Å²) < 4.78 is 2.62. The molecule has 0 aliphatic carbocycles. The Labute approximate surface area is 176 Å². The van der Waals surface area contributed by atoms with E-state index in [-0.39, 0.29) is 18.1 Å². The summed E-state index contributed by atoms with van der Waals surface area (Å²) in [5, 5.41) is 1.62. The van der Waals surface area contributed by atoms with Crippen LogP contribution in [0.5, 0.6) is 0 Å². The highest BCUT2D eigenvalue weighted by Crippen LogP contribution is 2.28. The molecule has 7 nitrogen and oxygen atoms in total. The Morgan fingerprint density at radius 2 is 1.90 bits per heavy atom. The third-order valence-electron chi connectivity index (χ3n) is 5.73. The van der Waals surface area contributed by atoms with Crippen molar-refractivity contribution in [2.75, 3.05) is 6.54 Å². The number of likely N-dealkylation sites (tertiary alicyclic amines) is 1. The summed E-state index contributed by atoms with van der Waals surface area (Å²) in [5.74, 6) is 0.0510. The number of aromatic nitrogens is 3. The molecule has 1 aliphatic heterocycles. The van der Waals surface area contributed by atoms with Gasteiger partial charge in [-0.3, -0.25) is 14.2 Å². The van der Waals surface area contributed by atoms with Crippen LogP contribution in [0.25, 0.3) is 21.1 Å². The van der Waals surface area contributed by atoms with Gasteiger partial charge in [-0.25, -0.2) is 9.97 Å². The molecule has 1 aliphatic rings. The molecular weight excluding hydrogens is 398 g/mol. The van der Waals surface area contributed by atoms with Crippen LogP contribution in [0.15, 0.2) is 53.3 Å². The van der Waals surface area contributed by atoms with E-state index in [0.29, 0.717) is 23.3 Å². The van der Waals surface area contributed by atoms with Gasteiger partial charge in [-0.15, -0.1) is 11.3 Å². The first kappa shape index (κ1) is 18.9. The highest BCUT2D eigenvalue weighted by Gasteiger charge is 2.34. The predicted molar refractivity (Wildman–Crippen MR) is 116 cm³/mol. The monoisotopic (exact) mass is 420 g/mol. The first-order valence-corrected chi connectivity index (χ1v) is 10.9. The lowest BCUT2D eigenvalue weighted by Crippen LogP contribution is -3.09. The Bertz CT molecular complexity index is 1280. The molecule has 0 radical (unpaired) electrons. The third kappa shape index (κ3) is 3.38. The van der Waals surface area contributed by atoms with Crippen molar-refractivity contribution in [3.8, 4) is 0 Å². The number of amides is 1. The Morgan fingerprint density at radius 1 is 1.13 bits per heavy atom. The first-order valence-electron chi connectivity index (χ1n) is 10.1. The van der Waals surface area contributed by atoms with Crippen molar-refractivity contribution in [3.05, 3.63) is 69.7 Å². The molecule has 152 valence electrons. The lowest BCUT2D eigenvalue weighted by molar-refractivity contribution is -0.932. The number of thiazole rings is 1. The fraction of sp³-hybridized carbons (Fsp3) is 0.273. The van der Waals surface area contributed by atoms with Crippen molar-refractivity contribution in [1.29, 1.82) is 0 Å². The summed E-state index contributed by atoms with van der Waals surface area (Å²) in [6.07, 6.45) is 2.13. The summed E-state index contributed by atoms with van der Waals surface area (Å²) in [5.41, 5.74) is 6.89. The topological polar surface area (TPSA) is 95.3 Å². The highest BCUT2D eigenvalue weighted by atomic mass is 32.1.